The van der Waals surface area contributed by atoms with Gasteiger partial charge in [-0.2, -0.15) is 10.2 Å². The predicted molar refractivity (Wildman–Crippen MR) is 144 cm³/mol. The number of guanidine groups is 1. The second-order valence-corrected chi connectivity index (χ2v) is 7.79. The maximum Gasteiger partial charge on any atom is 0.234 e. The standard InChI is InChI=1S/C29H27N5O2/c30-29(33-31-19-23-11-15-27(16-12-23)35-21-25-7-3-1-4-8-25)34-32-20-24-13-17-28(18-14-24)36-22-26-9-5-2-6-10-26/h1-20H,21-22H2,(H3,30,33,34)/b31-19+,32-20+. The SMILES string of the molecule is N/C(=N\N=C\c1ccc(OCc2ccccc2)cc1)N/N=C/c1ccc(OCc2ccccc2)cc1. The quantitative estimate of drug-likeness (QED) is 0.188. The highest BCUT2D eigenvalue weighted by atomic mass is 16.5. The number of hydrazone groups is 1. The van der Waals surface area contributed by atoms with Crippen molar-refractivity contribution in [1.82, 2.24) is 5.43 Å². The predicted octanol–water partition coefficient (Wildman–Crippen LogP) is 5.12. The van der Waals surface area contributed by atoms with Crippen molar-refractivity contribution in [3.8, 4) is 11.5 Å². The van der Waals surface area contributed by atoms with Crippen molar-refractivity contribution in [2.45, 2.75) is 13.2 Å². The lowest BCUT2D eigenvalue weighted by Crippen LogP contribution is -2.26. The van der Waals surface area contributed by atoms with Gasteiger partial charge in [0.2, 0.25) is 5.96 Å². The van der Waals surface area contributed by atoms with Gasteiger partial charge in [0.25, 0.3) is 0 Å². The number of nitrogens with zero attached hydrogens (tertiary/aromatic N) is 3. The van der Waals surface area contributed by atoms with E-state index < -0.39 is 0 Å². The minimum Gasteiger partial charge on any atom is -0.489 e. The molecule has 7 nitrogen and oxygen atoms in total. The highest BCUT2D eigenvalue weighted by Crippen LogP contribution is 2.14. The van der Waals surface area contributed by atoms with E-state index in [2.05, 4.69) is 20.7 Å². The van der Waals surface area contributed by atoms with Crippen LogP contribution in [0.25, 0.3) is 0 Å². The van der Waals surface area contributed by atoms with E-state index in [-0.39, 0.29) is 5.96 Å². The molecule has 0 atom stereocenters. The van der Waals surface area contributed by atoms with Crippen LogP contribution in [0.4, 0.5) is 0 Å². The minimum atomic E-state index is 0.0770. The van der Waals surface area contributed by atoms with E-state index in [0.29, 0.717) is 13.2 Å². The fourth-order valence-corrected chi connectivity index (χ4v) is 3.14. The topological polar surface area (TPSA) is 93.6 Å². The summed E-state index contributed by atoms with van der Waals surface area (Å²) in [5, 5.41) is 12.0. The molecule has 0 aliphatic heterocycles. The largest absolute Gasteiger partial charge is 0.489 e. The maximum atomic E-state index is 5.81. The first-order valence-corrected chi connectivity index (χ1v) is 11.4. The van der Waals surface area contributed by atoms with Gasteiger partial charge in [0.15, 0.2) is 0 Å². The van der Waals surface area contributed by atoms with Crippen molar-refractivity contribution >= 4 is 18.4 Å². The Hall–Kier alpha value is -4.91. The number of benzene rings is 4. The van der Waals surface area contributed by atoms with Crippen LogP contribution in [0.3, 0.4) is 0 Å². The molecular formula is C29H27N5O2. The molecule has 36 heavy (non-hydrogen) atoms. The summed E-state index contributed by atoms with van der Waals surface area (Å²) in [6.07, 6.45) is 3.24. The molecule has 4 aromatic carbocycles. The van der Waals surface area contributed by atoms with Crippen molar-refractivity contribution < 1.29 is 9.47 Å². The Labute approximate surface area is 210 Å². The zero-order valence-corrected chi connectivity index (χ0v) is 19.7. The number of rotatable bonds is 10. The van der Waals surface area contributed by atoms with Crippen molar-refractivity contribution in [3.05, 3.63) is 131 Å². The van der Waals surface area contributed by atoms with Gasteiger partial charge >= 0.3 is 0 Å². The van der Waals surface area contributed by atoms with E-state index in [1.54, 1.807) is 12.4 Å². The summed E-state index contributed by atoms with van der Waals surface area (Å²) >= 11 is 0. The lowest BCUT2D eigenvalue weighted by molar-refractivity contribution is 0.306. The van der Waals surface area contributed by atoms with E-state index in [9.17, 15) is 0 Å². The Kier molecular flexibility index (Phi) is 8.81. The molecule has 0 saturated carbocycles. The van der Waals surface area contributed by atoms with Gasteiger partial charge in [0, 0.05) is 0 Å². The molecule has 0 aliphatic carbocycles. The first-order chi connectivity index (χ1) is 17.7. The van der Waals surface area contributed by atoms with Crippen molar-refractivity contribution in [3.63, 3.8) is 0 Å². The van der Waals surface area contributed by atoms with Crippen LogP contribution >= 0.6 is 0 Å². The van der Waals surface area contributed by atoms with Crippen molar-refractivity contribution in [2.75, 3.05) is 0 Å². The molecule has 0 radical (unpaired) electrons. The van der Waals surface area contributed by atoms with Crippen LogP contribution in [-0.4, -0.2) is 18.4 Å². The third-order valence-electron chi connectivity index (χ3n) is 5.02. The molecule has 7 heteroatoms. The Morgan fingerprint density at radius 3 is 1.61 bits per heavy atom. The fourth-order valence-electron chi connectivity index (χ4n) is 3.14. The third-order valence-corrected chi connectivity index (χ3v) is 5.02. The normalized spacial score (nSPS) is 11.6. The fraction of sp³-hybridized carbons (Fsp3) is 0.0690. The third kappa shape index (κ3) is 8.14. The van der Waals surface area contributed by atoms with Crippen LogP contribution in [0.5, 0.6) is 11.5 Å². The lowest BCUT2D eigenvalue weighted by atomic mass is 10.2. The molecule has 0 unspecified atom stereocenters. The number of nitrogens with one attached hydrogen (secondary N) is 1. The van der Waals surface area contributed by atoms with E-state index in [0.717, 1.165) is 33.8 Å². The van der Waals surface area contributed by atoms with Crippen LogP contribution < -0.4 is 20.6 Å². The molecule has 180 valence electrons. The van der Waals surface area contributed by atoms with Gasteiger partial charge in [-0.25, -0.2) is 5.43 Å². The smallest absolute Gasteiger partial charge is 0.234 e. The zero-order chi connectivity index (χ0) is 24.8. The van der Waals surface area contributed by atoms with Crippen LogP contribution in [0.2, 0.25) is 0 Å². The van der Waals surface area contributed by atoms with Gasteiger partial charge in [-0.05, 0) is 70.8 Å². The number of ether oxygens (including phenoxy) is 2. The van der Waals surface area contributed by atoms with Crippen molar-refractivity contribution in [2.24, 2.45) is 21.0 Å². The van der Waals surface area contributed by atoms with Gasteiger partial charge in [0.05, 0.1) is 12.4 Å². The number of nitrogens with two attached hydrogens (primary N) is 1. The van der Waals surface area contributed by atoms with Gasteiger partial charge in [0.1, 0.15) is 24.7 Å². The van der Waals surface area contributed by atoms with Crippen LogP contribution in [0.15, 0.2) is 124 Å². The monoisotopic (exact) mass is 477 g/mol. The zero-order valence-electron chi connectivity index (χ0n) is 19.7. The van der Waals surface area contributed by atoms with E-state index >= 15 is 0 Å². The Bertz CT molecular complexity index is 1290. The van der Waals surface area contributed by atoms with E-state index in [1.165, 1.54) is 0 Å². The Morgan fingerprint density at radius 2 is 1.11 bits per heavy atom. The van der Waals surface area contributed by atoms with Crippen molar-refractivity contribution in [1.29, 1.82) is 0 Å². The Morgan fingerprint density at radius 1 is 0.639 bits per heavy atom. The molecule has 4 rings (SSSR count). The summed E-state index contributed by atoms with van der Waals surface area (Å²) in [6, 6.07) is 35.2. The number of hydrogen-bond acceptors (Lipinski definition) is 5. The molecular weight excluding hydrogens is 450 g/mol. The second kappa shape index (κ2) is 13.1. The average Bonchev–Trinajstić information content (AvgIpc) is 2.93. The van der Waals surface area contributed by atoms with Gasteiger partial charge in [-0.15, -0.1) is 5.10 Å². The highest BCUT2D eigenvalue weighted by Gasteiger charge is 1.97. The molecule has 0 saturated heterocycles. The van der Waals surface area contributed by atoms with Crippen LogP contribution in [0.1, 0.15) is 22.3 Å². The van der Waals surface area contributed by atoms with Gasteiger partial charge in [-0.3, -0.25) is 0 Å². The molecule has 4 aromatic rings. The summed E-state index contributed by atoms with van der Waals surface area (Å²) in [6.45, 7) is 1.04. The lowest BCUT2D eigenvalue weighted by Gasteiger charge is -2.06. The van der Waals surface area contributed by atoms with Crippen LogP contribution in [0, 0.1) is 0 Å². The molecule has 0 fully saturated rings. The molecule has 0 aromatic heterocycles. The maximum absolute atomic E-state index is 5.81. The second-order valence-electron chi connectivity index (χ2n) is 7.79. The van der Waals surface area contributed by atoms with Gasteiger partial charge in [-0.1, -0.05) is 60.7 Å². The molecule has 3 N–H and O–H groups in total. The van der Waals surface area contributed by atoms with Crippen LogP contribution in [-0.2, 0) is 13.2 Å². The van der Waals surface area contributed by atoms with E-state index in [4.69, 9.17) is 15.2 Å². The summed E-state index contributed by atoms with van der Waals surface area (Å²) in [4.78, 5) is 0. The first-order valence-electron chi connectivity index (χ1n) is 11.4. The highest BCUT2D eigenvalue weighted by molar-refractivity contribution is 5.84. The molecule has 0 amide bonds. The summed E-state index contributed by atoms with van der Waals surface area (Å²) in [5.41, 5.74) is 12.5. The minimum absolute atomic E-state index is 0.0770. The molecule has 0 bridgehead atoms. The van der Waals surface area contributed by atoms with Gasteiger partial charge < -0.3 is 15.2 Å². The summed E-state index contributed by atoms with van der Waals surface area (Å²) in [7, 11) is 0. The molecule has 0 spiro atoms. The van der Waals surface area contributed by atoms with E-state index in [1.807, 2.05) is 109 Å². The Balaban J connectivity index is 1.19. The average molecular weight is 478 g/mol. The number of hydrogen-bond donors (Lipinski definition) is 2. The first kappa shape index (κ1) is 24.2. The molecule has 0 aliphatic rings. The molecule has 0 heterocycles. The summed E-state index contributed by atoms with van der Waals surface area (Å²) < 4.78 is 11.6. The summed E-state index contributed by atoms with van der Waals surface area (Å²) in [5.74, 6) is 1.65.